The molecule has 0 saturated heterocycles. The van der Waals surface area contributed by atoms with Crippen molar-refractivity contribution in [3.8, 4) is 0 Å². The van der Waals surface area contributed by atoms with E-state index >= 15 is 0 Å². The van der Waals surface area contributed by atoms with Crippen molar-refractivity contribution in [2.24, 2.45) is 0 Å². The molecular formula is C24H39N3O4S. The number of aryl methyl sites for hydroxylation is 2. The number of benzene rings is 1. The van der Waals surface area contributed by atoms with Crippen LogP contribution in [0.5, 0.6) is 0 Å². The molecule has 1 rings (SSSR count). The average molecular weight is 466 g/mol. The number of carbonyl (C=O) groups excluding carboxylic acids is 3. The molecule has 2 unspecified atom stereocenters. The van der Waals surface area contributed by atoms with Crippen LogP contribution in [0.15, 0.2) is 18.2 Å². The lowest BCUT2D eigenvalue weighted by molar-refractivity contribution is -0.141. The Balaban J connectivity index is 3.25. The normalized spacial score (nSPS) is 13.3. The van der Waals surface area contributed by atoms with E-state index in [1.54, 1.807) is 39.6 Å². The van der Waals surface area contributed by atoms with Gasteiger partial charge in [-0.25, -0.2) is 4.79 Å². The molecule has 2 atom stereocenters. The van der Waals surface area contributed by atoms with Crippen LogP contribution in [0.3, 0.4) is 0 Å². The fourth-order valence-electron chi connectivity index (χ4n) is 3.16. The van der Waals surface area contributed by atoms with E-state index in [1.165, 1.54) is 4.90 Å². The van der Waals surface area contributed by atoms with Gasteiger partial charge in [-0.05, 0) is 83.6 Å². The Morgan fingerprint density at radius 2 is 1.72 bits per heavy atom. The lowest BCUT2D eigenvalue weighted by atomic mass is 9.98. The second-order valence-corrected chi connectivity index (χ2v) is 10.3. The van der Waals surface area contributed by atoms with Crippen LogP contribution in [0.1, 0.15) is 63.8 Å². The van der Waals surface area contributed by atoms with Crippen molar-refractivity contribution in [2.45, 2.75) is 78.6 Å². The van der Waals surface area contributed by atoms with Gasteiger partial charge in [-0.3, -0.25) is 9.59 Å². The molecule has 0 aliphatic heterocycles. The number of hydrogen-bond donors (Lipinski definition) is 2. The Labute approximate surface area is 197 Å². The van der Waals surface area contributed by atoms with Crippen LogP contribution in [0, 0.1) is 13.8 Å². The van der Waals surface area contributed by atoms with Crippen molar-refractivity contribution in [1.29, 1.82) is 0 Å². The van der Waals surface area contributed by atoms with E-state index in [-0.39, 0.29) is 17.9 Å². The molecule has 0 saturated carbocycles. The molecule has 2 N–H and O–H groups in total. The molecule has 8 heteroatoms. The number of rotatable bonds is 9. The van der Waals surface area contributed by atoms with Crippen molar-refractivity contribution in [1.82, 2.24) is 15.5 Å². The highest BCUT2D eigenvalue weighted by Crippen LogP contribution is 2.24. The number of nitrogens with one attached hydrogen (secondary N) is 2. The molecule has 1 aromatic rings. The highest BCUT2D eigenvalue weighted by atomic mass is 32.2. The van der Waals surface area contributed by atoms with Gasteiger partial charge in [0.2, 0.25) is 11.8 Å². The Hall–Kier alpha value is -2.22. The minimum atomic E-state index is -0.818. The SMILES string of the molecule is CSCCC(NC(=O)OC(C)(C)C)C(=O)N(C)C(C(=O)NC(C)C)c1ccc(C)c(C)c1. The van der Waals surface area contributed by atoms with Crippen molar-refractivity contribution in [3.05, 3.63) is 34.9 Å². The fraction of sp³-hybridized carbons (Fsp3) is 0.625. The van der Waals surface area contributed by atoms with Gasteiger partial charge >= 0.3 is 6.09 Å². The summed E-state index contributed by atoms with van der Waals surface area (Å²) in [5.74, 6) is 0.0686. The van der Waals surface area contributed by atoms with Gasteiger partial charge in [0.25, 0.3) is 0 Å². The molecule has 3 amide bonds. The van der Waals surface area contributed by atoms with E-state index in [1.807, 2.05) is 52.1 Å². The molecule has 0 radical (unpaired) electrons. The number of amides is 3. The first-order valence-corrected chi connectivity index (χ1v) is 12.3. The molecule has 7 nitrogen and oxygen atoms in total. The lowest BCUT2D eigenvalue weighted by Gasteiger charge is -2.32. The van der Waals surface area contributed by atoms with Crippen molar-refractivity contribution >= 4 is 29.7 Å². The number of hydrogen-bond acceptors (Lipinski definition) is 5. The van der Waals surface area contributed by atoms with Crippen LogP contribution in [0.25, 0.3) is 0 Å². The maximum Gasteiger partial charge on any atom is 0.408 e. The minimum Gasteiger partial charge on any atom is -0.444 e. The predicted octanol–water partition coefficient (Wildman–Crippen LogP) is 3.97. The van der Waals surface area contributed by atoms with Gasteiger partial charge < -0.3 is 20.3 Å². The molecule has 1 aromatic carbocycles. The zero-order valence-corrected chi connectivity index (χ0v) is 21.7. The number of carbonyl (C=O) groups is 3. The Morgan fingerprint density at radius 1 is 1.09 bits per heavy atom. The smallest absolute Gasteiger partial charge is 0.408 e. The summed E-state index contributed by atoms with van der Waals surface area (Å²) in [5, 5.41) is 5.61. The van der Waals surface area contributed by atoms with Crippen LogP contribution in [0.2, 0.25) is 0 Å². The van der Waals surface area contributed by atoms with Crippen molar-refractivity contribution in [2.75, 3.05) is 19.1 Å². The van der Waals surface area contributed by atoms with Crippen LogP contribution in [-0.4, -0.2) is 59.5 Å². The zero-order valence-electron chi connectivity index (χ0n) is 20.9. The summed E-state index contributed by atoms with van der Waals surface area (Å²) < 4.78 is 5.35. The number of thioether (sulfide) groups is 1. The first-order valence-electron chi connectivity index (χ1n) is 10.9. The number of nitrogens with zero attached hydrogens (tertiary/aromatic N) is 1. The van der Waals surface area contributed by atoms with E-state index < -0.39 is 23.8 Å². The monoisotopic (exact) mass is 465 g/mol. The van der Waals surface area contributed by atoms with Gasteiger partial charge in [-0.15, -0.1) is 0 Å². The first kappa shape index (κ1) is 27.8. The highest BCUT2D eigenvalue weighted by Gasteiger charge is 2.34. The van der Waals surface area contributed by atoms with Gasteiger partial charge in [0.15, 0.2) is 0 Å². The Bertz CT molecular complexity index is 805. The third-order valence-electron chi connectivity index (χ3n) is 4.86. The van der Waals surface area contributed by atoms with Gasteiger partial charge in [-0.2, -0.15) is 11.8 Å². The summed E-state index contributed by atoms with van der Waals surface area (Å²) in [6.45, 7) is 13.0. The maximum atomic E-state index is 13.5. The number of likely N-dealkylation sites (N-methyl/N-ethyl adjacent to an activating group) is 1. The van der Waals surface area contributed by atoms with Crippen LogP contribution >= 0.6 is 11.8 Å². The molecule has 0 heterocycles. The summed E-state index contributed by atoms with van der Waals surface area (Å²) in [6, 6.07) is 4.05. The quantitative estimate of drug-likeness (QED) is 0.576. The molecule has 0 aromatic heterocycles. The van der Waals surface area contributed by atoms with Crippen molar-refractivity contribution in [3.63, 3.8) is 0 Å². The molecule has 0 aliphatic carbocycles. The summed E-state index contributed by atoms with van der Waals surface area (Å²) in [4.78, 5) is 40.4. The van der Waals surface area contributed by atoms with E-state index in [4.69, 9.17) is 4.74 Å². The Morgan fingerprint density at radius 3 is 2.22 bits per heavy atom. The zero-order chi connectivity index (χ0) is 24.6. The van der Waals surface area contributed by atoms with Gasteiger partial charge in [0, 0.05) is 13.1 Å². The summed E-state index contributed by atoms with van der Waals surface area (Å²) in [6.07, 6.45) is 1.71. The molecule has 180 valence electrons. The standard InChI is InChI=1S/C24H39N3O4S/c1-15(2)25-21(28)20(18-11-10-16(3)17(4)14-18)27(8)22(29)19(12-13-32-9)26-23(30)31-24(5,6)7/h10-11,14-15,19-20H,12-13H2,1-9H3,(H,25,28)(H,26,30). The third kappa shape index (κ3) is 8.73. The molecule has 0 bridgehead atoms. The highest BCUT2D eigenvalue weighted by molar-refractivity contribution is 7.98. The van der Waals surface area contributed by atoms with E-state index in [9.17, 15) is 14.4 Å². The molecule has 0 spiro atoms. The lowest BCUT2D eigenvalue weighted by Crippen LogP contribution is -2.52. The minimum absolute atomic E-state index is 0.0766. The summed E-state index contributed by atoms with van der Waals surface area (Å²) in [7, 11) is 1.60. The van der Waals surface area contributed by atoms with E-state index in [0.29, 0.717) is 12.2 Å². The predicted molar refractivity (Wildman–Crippen MR) is 131 cm³/mol. The third-order valence-corrected chi connectivity index (χ3v) is 5.50. The average Bonchev–Trinajstić information content (AvgIpc) is 2.65. The topological polar surface area (TPSA) is 87.7 Å². The van der Waals surface area contributed by atoms with Gasteiger partial charge in [0.1, 0.15) is 17.7 Å². The van der Waals surface area contributed by atoms with Crippen LogP contribution < -0.4 is 10.6 Å². The van der Waals surface area contributed by atoms with E-state index in [0.717, 1.165) is 16.7 Å². The fourth-order valence-corrected chi connectivity index (χ4v) is 3.64. The summed E-state index contributed by atoms with van der Waals surface area (Å²) in [5.41, 5.74) is 2.19. The second kappa shape index (κ2) is 12.1. The molecule has 0 fully saturated rings. The van der Waals surface area contributed by atoms with Gasteiger partial charge in [0.05, 0.1) is 0 Å². The summed E-state index contributed by atoms with van der Waals surface area (Å²) >= 11 is 1.58. The Kier molecular flexibility index (Phi) is 10.5. The molecule has 0 aliphatic rings. The van der Waals surface area contributed by atoms with Crippen LogP contribution in [0.4, 0.5) is 4.79 Å². The maximum absolute atomic E-state index is 13.5. The number of alkyl carbamates (subject to hydrolysis) is 1. The second-order valence-electron chi connectivity index (χ2n) is 9.34. The molecule has 32 heavy (non-hydrogen) atoms. The van der Waals surface area contributed by atoms with Gasteiger partial charge in [-0.1, -0.05) is 18.2 Å². The van der Waals surface area contributed by atoms with Crippen molar-refractivity contribution < 1.29 is 19.1 Å². The van der Waals surface area contributed by atoms with E-state index in [2.05, 4.69) is 10.6 Å². The number of ether oxygens (including phenoxy) is 1. The van der Waals surface area contributed by atoms with Crippen LogP contribution in [-0.2, 0) is 14.3 Å². The molecular weight excluding hydrogens is 426 g/mol. The largest absolute Gasteiger partial charge is 0.444 e. The first-order chi connectivity index (χ1) is 14.8.